The summed E-state index contributed by atoms with van der Waals surface area (Å²) < 4.78 is 3.73. The van der Waals surface area contributed by atoms with Gasteiger partial charge in [-0.3, -0.25) is 4.68 Å². The van der Waals surface area contributed by atoms with Crippen LogP contribution in [-0.2, 0) is 13.5 Å². The first-order valence-electron chi connectivity index (χ1n) is 8.74. The summed E-state index contributed by atoms with van der Waals surface area (Å²) in [5, 5.41) is 9.78. The molecular formula is C19H19N7. The molecule has 130 valence electrons. The van der Waals surface area contributed by atoms with Gasteiger partial charge in [-0.25, -0.2) is 14.6 Å². The molecule has 1 aromatic carbocycles. The Bertz CT molecular complexity index is 1040. The van der Waals surface area contributed by atoms with Gasteiger partial charge in [-0.05, 0) is 30.0 Å². The third kappa shape index (κ3) is 2.52. The van der Waals surface area contributed by atoms with E-state index in [9.17, 15) is 0 Å². The van der Waals surface area contributed by atoms with Crippen molar-refractivity contribution in [3.63, 3.8) is 0 Å². The van der Waals surface area contributed by atoms with Gasteiger partial charge in [0.2, 0.25) is 0 Å². The molecule has 0 amide bonds. The monoisotopic (exact) mass is 345 g/mol. The molecule has 0 N–H and O–H groups in total. The molecule has 0 saturated carbocycles. The Labute approximate surface area is 150 Å². The lowest BCUT2D eigenvalue weighted by molar-refractivity contribution is 0.406. The number of hydrogen-bond acceptors (Lipinski definition) is 5. The average molecular weight is 345 g/mol. The van der Waals surface area contributed by atoms with E-state index >= 15 is 0 Å². The van der Waals surface area contributed by atoms with E-state index in [1.807, 2.05) is 59.1 Å². The molecule has 7 nitrogen and oxygen atoms in total. The molecule has 3 aromatic heterocycles. The topological polar surface area (TPSA) is 64.7 Å². The fourth-order valence-corrected chi connectivity index (χ4v) is 3.62. The molecular weight excluding hydrogens is 326 g/mol. The number of nitrogens with zero attached hydrogens (tertiary/aromatic N) is 7. The summed E-state index contributed by atoms with van der Waals surface area (Å²) in [6.45, 7) is 2.00. The van der Waals surface area contributed by atoms with Gasteiger partial charge >= 0.3 is 0 Å². The highest BCUT2D eigenvalue weighted by Gasteiger charge is 2.30. The zero-order valence-corrected chi connectivity index (χ0v) is 14.5. The highest BCUT2D eigenvalue weighted by Crippen LogP contribution is 2.30. The van der Waals surface area contributed by atoms with Gasteiger partial charge in [0.25, 0.3) is 0 Å². The maximum atomic E-state index is 4.53. The average Bonchev–Trinajstić information content (AvgIpc) is 3.24. The van der Waals surface area contributed by atoms with Crippen molar-refractivity contribution in [1.82, 2.24) is 29.5 Å². The van der Waals surface area contributed by atoms with Crippen LogP contribution in [0, 0.1) is 5.92 Å². The van der Waals surface area contributed by atoms with Crippen molar-refractivity contribution < 1.29 is 0 Å². The number of fused-ring (bicyclic) bond motifs is 1. The number of benzene rings is 1. The quantitative estimate of drug-likeness (QED) is 0.567. The molecule has 1 fully saturated rings. The van der Waals surface area contributed by atoms with Crippen molar-refractivity contribution in [2.75, 3.05) is 18.0 Å². The molecule has 7 heteroatoms. The van der Waals surface area contributed by atoms with Crippen LogP contribution in [0.2, 0.25) is 0 Å². The van der Waals surface area contributed by atoms with Crippen LogP contribution in [0.15, 0.2) is 55.2 Å². The van der Waals surface area contributed by atoms with Crippen LogP contribution in [0.1, 0.15) is 5.56 Å². The van der Waals surface area contributed by atoms with Gasteiger partial charge in [0.1, 0.15) is 12.1 Å². The largest absolute Gasteiger partial charge is 0.355 e. The molecule has 0 unspecified atom stereocenters. The van der Waals surface area contributed by atoms with Crippen LogP contribution in [0.4, 0.5) is 5.82 Å². The van der Waals surface area contributed by atoms with Crippen molar-refractivity contribution in [3.05, 3.63) is 60.8 Å². The van der Waals surface area contributed by atoms with E-state index in [0.29, 0.717) is 5.92 Å². The molecule has 26 heavy (non-hydrogen) atoms. The number of rotatable bonds is 4. The highest BCUT2D eigenvalue weighted by atomic mass is 15.3. The zero-order chi connectivity index (χ0) is 17.5. The number of aryl methyl sites for hydroxylation is 1. The highest BCUT2D eigenvalue weighted by molar-refractivity contribution is 5.88. The minimum Gasteiger partial charge on any atom is -0.355 e. The third-order valence-electron chi connectivity index (χ3n) is 4.88. The number of anilines is 1. The molecule has 0 radical (unpaired) electrons. The Balaban J connectivity index is 1.38. The Morgan fingerprint density at radius 3 is 2.65 bits per heavy atom. The van der Waals surface area contributed by atoms with Crippen LogP contribution in [-0.4, -0.2) is 42.6 Å². The Hall–Kier alpha value is -3.22. The fraction of sp³-hybridized carbons (Fsp3) is 0.263. The minimum atomic E-state index is 0.633. The van der Waals surface area contributed by atoms with Gasteiger partial charge in [0, 0.05) is 26.3 Å². The fourth-order valence-electron chi connectivity index (χ4n) is 3.62. The first-order valence-corrected chi connectivity index (χ1v) is 8.74. The lowest BCUT2D eigenvalue weighted by atomic mass is 9.93. The summed E-state index contributed by atoms with van der Waals surface area (Å²) in [5.41, 5.74) is 3.14. The molecule has 0 spiro atoms. The van der Waals surface area contributed by atoms with E-state index in [0.717, 1.165) is 42.0 Å². The number of aromatic nitrogens is 6. The molecule has 0 aliphatic carbocycles. The predicted octanol–water partition coefficient (Wildman–Crippen LogP) is 2.23. The van der Waals surface area contributed by atoms with Gasteiger partial charge in [-0.2, -0.15) is 10.2 Å². The molecule has 4 aromatic rings. The predicted molar refractivity (Wildman–Crippen MR) is 99.3 cm³/mol. The smallest absolute Gasteiger partial charge is 0.168 e. The molecule has 1 saturated heterocycles. The van der Waals surface area contributed by atoms with E-state index in [1.54, 1.807) is 6.33 Å². The van der Waals surface area contributed by atoms with Gasteiger partial charge in [0.15, 0.2) is 5.65 Å². The maximum absolute atomic E-state index is 4.53. The molecule has 1 aliphatic heterocycles. The van der Waals surface area contributed by atoms with Crippen LogP contribution in [0.3, 0.4) is 0 Å². The van der Waals surface area contributed by atoms with Crippen molar-refractivity contribution in [3.8, 4) is 5.69 Å². The summed E-state index contributed by atoms with van der Waals surface area (Å²) in [6.07, 6.45) is 8.60. The summed E-state index contributed by atoms with van der Waals surface area (Å²) in [5.74, 6) is 1.60. The molecule has 0 bridgehead atoms. The summed E-state index contributed by atoms with van der Waals surface area (Å²) in [6, 6.07) is 10.1. The van der Waals surface area contributed by atoms with Gasteiger partial charge in [-0.1, -0.05) is 18.2 Å². The van der Waals surface area contributed by atoms with Crippen molar-refractivity contribution in [1.29, 1.82) is 0 Å². The first kappa shape index (κ1) is 15.1. The summed E-state index contributed by atoms with van der Waals surface area (Å²) in [7, 11) is 1.96. The van der Waals surface area contributed by atoms with Crippen LogP contribution >= 0.6 is 0 Å². The second-order valence-corrected chi connectivity index (χ2v) is 6.82. The van der Waals surface area contributed by atoms with E-state index < -0.39 is 0 Å². The lowest BCUT2D eigenvalue weighted by Crippen LogP contribution is -2.48. The summed E-state index contributed by atoms with van der Waals surface area (Å²) >= 11 is 0. The van der Waals surface area contributed by atoms with Gasteiger partial charge in [-0.15, -0.1) is 0 Å². The van der Waals surface area contributed by atoms with Crippen LogP contribution < -0.4 is 4.90 Å². The molecule has 1 aliphatic rings. The Morgan fingerprint density at radius 2 is 1.88 bits per heavy atom. The Kier molecular flexibility index (Phi) is 3.44. The van der Waals surface area contributed by atoms with Gasteiger partial charge in [0.05, 0.1) is 23.5 Å². The standard InChI is InChI=1S/C19H19N7/c1-24-10-14(8-22-24)7-15-11-25(12-15)18-17-9-23-26(19(17)21-13-20-18)16-5-3-2-4-6-16/h2-6,8-10,13,15H,7,11-12H2,1H3. The van der Waals surface area contributed by atoms with Gasteiger partial charge < -0.3 is 4.90 Å². The molecule has 4 heterocycles. The zero-order valence-electron chi connectivity index (χ0n) is 14.5. The van der Waals surface area contributed by atoms with Crippen molar-refractivity contribution >= 4 is 16.9 Å². The maximum Gasteiger partial charge on any atom is 0.168 e. The number of para-hydroxylation sites is 1. The lowest BCUT2D eigenvalue weighted by Gasteiger charge is -2.40. The second-order valence-electron chi connectivity index (χ2n) is 6.82. The van der Waals surface area contributed by atoms with E-state index in [4.69, 9.17) is 0 Å². The van der Waals surface area contributed by atoms with Crippen molar-refractivity contribution in [2.24, 2.45) is 13.0 Å². The van der Waals surface area contributed by atoms with E-state index in [2.05, 4.69) is 31.3 Å². The number of hydrogen-bond donors (Lipinski definition) is 0. The summed E-state index contributed by atoms with van der Waals surface area (Å²) in [4.78, 5) is 11.3. The van der Waals surface area contributed by atoms with Crippen molar-refractivity contribution in [2.45, 2.75) is 6.42 Å². The second kappa shape index (κ2) is 5.94. The SMILES string of the molecule is Cn1cc(CC2CN(c3ncnc4c3cnn4-c3ccccc3)C2)cn1. The van der Waals surface area contributed by atoms with Crippen LogP contribution in [0.5, 0.6) is 0 Å². The first-order chi connectivity index (χ1) is 12.8. The Morgan fingerprint density at radius 1 is 1.04 bits per heavy atom. The minimum absolute atomic E-state index is 0.633. The van der Waals surface area contributed by atoms with E-state index in [-0.39, 0.29) is 0 Å². The molecule has 5 rings (SSSR count). The molecule has 0 atom stereocenters. The van der Waals surface area contributed by atoms with E-state index in [1.165, 1.54) is 5.56 Å². The van der Waals surface area contributed by atoms with Crippen LogP contribution in [0.25, 0.3) is 16.7 Å². The third-order valence-corrected chi connectivity index (χ3v) is 4.88. The normalized spacial score (nSPS) is 14.7.